The van der Waals surface area contributed by atoms with Crippen molar-refractivity contribution in [1.29, 1.82) is 0 Å². The van der Waals surface area contributed by atoms with Gasteiger partial charge in [-0.1, -0.05) is 11.6 Å². The van der Waals surface area contributed by atoms with Crippen molar-refractivity contribution in [3.05, 3.63) is 23.2 Å². The Hall–Kier alpha value is -1.30. The number of anilines is 2. The van der Waals surface area contributed by atoms with Gasteiger partial charge in [-0.3, -0.25) is 4.79 Å². The SMILES string of the molecule is O=C(Nc1ccc(Cl)cc1N1CCOCC1)[C@@H]1CCCO1. The van der Waals surface area contributed by atoms with E-state index in [9.17, 15) is 4.79 Å². The maximum absolute atomic E-state index is 12.2. The minimum Gasteiger partial charge on any atom is -0.378 e. The molecular weight excluding hydrogens is 292 g/mol. The summed E-state index contributed by atoms with van der Waals surface area (Å²) < 4.78 is 10.8. The van der Waals surface area contributed by atoms with Gasteiger partial charge in [0, 0.05) is 24.7 Å². The smallest absolute Gasteiger partial charge is 0.253 e. The van der Waals surface area contributed by atoms with Gasteiger partial charge in [0.25, 0.3) is 5.91 Å². The van der Waals surface area contributed by atoms with E-state index >= 15 is 0 Å². The van der Waals surface area contributed by atoms with Crippen molar-refractivity contribution in [2.75, 3.05) is 43.1 Å². The van der Waals surface area contributed by atoms with Gasteiger partial charge >= 0.3 is 0 Å². The second kappa shape index (κ2) is 6.64. The van der Waals surface area contributed by atoms with Gasteiger partial charge in [0.2, 0.25) is 0 Å². The predicted molar refractivity (Wildman–Crippen MR) is 82.1 cm³/mol. The lowest BCUT2D eigenvalue weighted by atomic mass is 10.2. The lowest BCUT2D eigenvalue weighted by Crippen LogP contribution is -2.37. The van der Waals surface area contributed by atoms with Crippen molar-refractivity contribution in [2.45, 2.75) is 18.9 Å². The highest BCUT2D eigenvalue weighted by molar-refractivity contribution is 6.31. The summed E-state index contributed by atoms with van der Waals surface area (Å²) in [6.07, 6.45) is 1.39. The van der Waals surface area contributed by atoms with Gasteiger partial charge in [-0.2, -0.15) is 0 Å². The van der Waals surface area contributed by atoms with Crippen LogP contribution in [0.1, 0.15) is 12.8 Å². The molecule has 0 bridgehead atoms. The number of nitrogens with zero attached hydrogens (tertiary/aromatic N) is 1. The number of carbonyl (C=O) groups is 1. The van der Waals surface area contributed by atoms with Crippen molar-refractivity contribution < 1.29 is 14.3 Å². The topological polar surface area (TPSA) is 50.8 Å². The van der Waals surface area contributed by atoms with E-state index in [1.54, 1.807) is 6.07 Å². The number of amides is 1. The third kappa shape index (κ3) is 3.48. The molecule has 2 saturated heterocycles. The zero-order valence-electron chi connectivity index (χ0n) is 11.8. The highest BCUT2D eigenvalue weighted by Gasteiger charge is 2.25. The monoisotopic (exact) mass is 310 g/mol. The summed E-state index contributed by atoms with van der Waals surface area (Å²) in [4.78, 5) is 14.4. The highest BCUT2D eigenvalue weighted by Crippen LogP contribution is 2.30. The van der Waals surface area contributed by atoms with Gasteiger partial charge in [0.15, 0.2) is 0 Å². The minimum atomic E-state index is -0.335. The van der Waals surface area contributed by atoms with Gasteiger partial charge in [-0.25, -0.2) is 0 Å². The standard InChI is InChI=1S/C15H19ClN2O3/c16-11-3-4-12(17-15(19)14-2-1-7-21-14)13(10-11)18-5-8-20-9-6-18/h3-4,10,14H,1-2,5-9H2,(H,17,19)/t14-/m0/s1. The second-order valence-corrected chi connectivity index (χ2v) is 5.69. The molecule has 0 aromatic heterocycles. The Kier molecular flexibility index (Phi) is 4.63. The number of ether oxygens (including phenoxy) is 2. The van der Waals surface area contributed by atoms with Crippen molar-refractivity contribution in [3.63, 3.8) is 0 Å². The third-order valence-electron chi connectivity index (χ3n) is 3.79. The Morgan fingerprint density at radius 3 is 2.81 bits per heavy atom. The number of benzene rings is 1. The zero-order chi connectivity index (χ0) is 14.7. The maximum Gasteiger partial charge on any atom is 0.253 e. The molecule has 21 heavy (non-hydrogen) atoms. The first-order chi connectivity index (χ1) is 10.2. The molecule has 1 amide bonds. The number of halogens is 1. The minimum absolute atomic E-state index is 0.0793. The maximum atomic E-state index is 12.2. The molecule has 1 atom stereocenters. The van der Waals surface area contributed by atoms with Crippen LogP contribution in [-0.2, 0) is 14.3 Å². The third-order valence-corrected chi connectivity index (χ3v) is 4.03. The fraction of sp³-hybridized carbons (Fsp3) is 0.533. The van der Waals surface area contributed by atoms with E-state index in [1.165, 1.54) is 0 Å². The van der Waals surface area contributed by atoms with Crippen LogP contribution in [0.15, 0.2) is 18.2 Å². The molecule has 2 heterocycles. The molecule has 5 nitrogen and oxygen atoms in total. The van der Waals surface area contributed by atoms with Crippen LogP contribution in [0.4, 0.5) is 11.4 Å². The van der Waals surface area contributed by atoms with Gasteiger partial charge in [-0.15, -0.1) is 0 Å². The number of hydrogen-bond acceptors (Lipinski definition) is 4. The van der Waals surface area contributed by atoms with Crippen molar-refractivity contribution in [2.24, 2.45) is 0 Å². The normalized spacial score (nSPS) is 22.3. The number of hydrogen-bond donors (Lipinski definition) is 1. The Morgan fingerprint density at radius 1 is 1.29 bits per heavy atom. The van der Waals surface area contributed by atoms with Crippen LogP contribution < -0.4 is 10.2 Å². The highest BCUT2D eigenvalue weighted by atomic mass is 35.5. The molecule has 0 spiro atoms. The molecular formula is C15H19ClN2O3. The lowest BCUT2D eigenvalue weighted by Gasteiger charge is -2.30. The predicted octanol–water partition coefficient (Wildman–Crippen LogP) is 2.29. The summed E-state index contributed by atoms with van der Waals surface area (Å²) in [5.74, 6) is -0.0793. The lowest BCUT2D eigenvalue weighted by molar-refractivity contribution is -0.124. The van der Waals surface area contributed by atoms with Crippen LogP contribution in [0.5, 0.6) is 0 Å². The van der Waals surface area contributed by atoms with Gasteiger partial charge in [0.1, 0.15) is 6.10 Å². The molecule has 0 aliphatic carbocycles. The van der Waals surface area contributed by atoms with E-state index in [-0.39, 0.29) is 12.0 Å². The first-order valence-corrected chi connectivity index (χ1v) is 7.66. The van der Waals surface area contributed by atoms with Crippen LogP contribution in [-0.4, -0.2) is 44.9 Å². The van der Waals surface area contributed by atoms with Crippen LogP contribution >= 0.6 is 11.6 Å². The van der Waals surface area contributed by atoms with Gasteiger partial charge in [0.05, 0.1) is 24.6 Å². The first-order valence-electron chi connectivity index (χ1n) is 7.29. The summed E-state index contributed by atoms with van der Waals surface area (Å²) >= 11 is 6.10. The molecule has 114 valence electrons. The first kappa shape index (κ1) is 14.6. The molecule has 1 aromatic carbocycles. The molecule has 1 aromatic rings. The van der Waals surface area contributed by atoms with Crippen molar-refractivity contribution in [1.82, 2.24) is 0 Å². The molecule has 0 saturated carbocycles. The average molecular weight is 311 g/mol. The molecule has 2 aliphatic rings. The number of rotatable bonds is 3. The Morgan fingerprint density at radius 2 is 2.10 bits per heavy atom. The van der Waals surface area contributed by atoms with E-state index in [2.05, 4.69) is 10.2 Å². The van der Waals surface area contributed by atoms with Crippen LogP contribution in [0.3, 0.4) is 0 Å². The van der Waals surface area contributed by atoms with E-state index in [1.807, 2.05) is 12.1 Å². The fourth-order valence-electron chi connectivity index (χ4n) is 2.67. The summed E-state index contributed by atoms with van der Waals surface area (Å²) in [7, 11) is 0. The molecule has 3 rings (SSSR count). The van der Waals surface area contributed by atoms with E-state index < -0.39 is 0 Å². The number of morpholine rings is 1. The molecule has 2 fully saturated rings. The quantitative estimate of drug-likeness (QED) is 0.930. The average Bonchev–Trinajstić information content (AvgIpc) is 3.04. The Labute approximate surface area is 129 Å². The number of carbonyl (C=O) groups excluding carboxylic acids is 1. The fourth-order valence-corrected chi connectivity index (χ4v) is 2.84. The second-order valence-electron chi connectivity index (χ2n) is 5.25. The van der Waals surface area contributed by atoms with E-state index in [0.717, 1.165) is 37.3 Å². The summed E-state index contributed by atoms with van der Waals surface area (Å²) in [6, 6.07) is 5.52. The molecule has 0 radical (unpaired) electrons. The molecule has 2 aliphatic heterocycles. The van der Waals surface area contributed by atoms with Crippen molar-refractivity contribution in [3.8, 4) is 0 Å². The molecule has 6 heteroatoms. The summed E-state index contributed by atoms with van der Waals surface area (Å²) in [5, 5.41) is 3.63. The van der Waals surface area contributed by atoms with Gasteiger partial charge < -0.3 is 19.7 Å². The molecule has 1 N–H and O–H groups in total. The van der Waals surface area contributed by atoms with Crippen LogP contribution in [0, 0.1) is 0 Å². The zero-order valence-corrected chi connectivity index (χ0v) is 12.6. The van der Waals surface area contributed by atoms with Crippen molar-refractivity contribution >= 4 is 28.9 Å². The largest absolute Gasteiger partial charge is 0.378 e. The van der Waals surface area contributed by atoms with E-state index in [0.29, 0.717) is 24.8 Å². The molecule has 0 unspecified atom stereocenters. The van der Waals surface area contributed by atoms with Crippen LogP contribution in [0.2, 0.25) is 5.02 Å². The number of nitrogens with one attached hydrogen (secondary N) is 1. The van der Waals surface area contributed by atoms with E-state index in [4.69, 9.17) is 21.1 Å². The Balaban J connectivity index is 1.78. The summed E-state index contributed by atoms with van der Waals surface area (Å²) in [6.45, 7) is 3.62. The Bertz CT molecular complexity index is 512. The summed E-state index contributed by atoms with van der Waals surface area (Å²) in [5.41, 5.74) is 1.72. The van der Waals surface area contributed by atoms with Crippen LogP contribution in [0.25, 0.3) is 0 Å². The van der Waals surface area contributed by atoms with Gasteiger partial charge in [-0.05, 0) is 31.0 Å².